The van der Waals surface area contributed by atoms with Gasteiger partial charge in [0.1, 0.15) is 16.9 Å². The van der Waals surface area contributed by atoms with Gasteiger partial charge in [0, 0.05) is 10.8 Å². The zero-order valence-electron chi connectivity index (χ0n) is 11.7. The van der Waals surface area contributed by atoms with E-state index in [1.165, 1.54) is 0 Å². The summed E-state index contributed by atoms with van der Waals surface area (Å²) in [5.74, 6) is 0.911. The van der Waals surface area contributed by atoms with Gasteiger partial charge in [-0.2, -0.15) is 0 Å². The summed E-state index contributed by atoms with van der Waals surface area (Å²) in [6.07, 6.45) is 2.19. The number of rotatable bonds is 6. The van der Waals surface area contributed by atoms with E-state index in [0.29, 0.717) is 0 Å². The van der Waals surface area contributed by atoms with E-state index in [9.17, 15) is 0 Å². The number of para-hydroxylation sites is 1. The predicted molar refractivity (Wildman–Crippen MR) is 82.4 cm³/mol. The smallest absolute Gasteiger partial charge is 0.135 e. The number of unbranched alkanes of at least 4 members (excludes halogenated alkanes) is 1. The molecule has 0 amide bonds. The van der Waals surface area contributed by atoms with E-state index in [1.54, 1.807) is 0 Å². The highest BCUT2D eigenvalue weighted by molar-refractivity contribution is 6.05. The molecule has 20 heavy (non-hydrogen) atoms. The molecule has 0 aliphatic heterocycles. The van der Waals surface area contributed by atoms with Crippen LogP contribution in [0.5, 0.6) is 5.75 Å². The molecule has 0 fully saturated rings. The molecule has 0 spiro atoms. The largest absolute Gasteiger partial charge is 0.494 e. The van der Waals surface area contributed by atoms with Gasteiger partial charge in [-0.05, 0) is 50.7 Å². The summed E-state index contributed by atoms with van der Waals surface area (Å²) >= 11 is 0. The first-order chi connectivity index (χ1) is 9.88. The van der Waals surface area contributed by atoms with Crippen LogP contribution in [0.2, 0.25) is 0 Å². The molecule has 2 aromatic carbocycles. The first-order valence-corrected chi connectivity index (χ1v) is 7.07. The molecule has 3 rings (SSSR count). The highest BCUT2D eigenvalue weighted by atomic mass is 16.5. The first-order valence-electron chi connectivity index (χ1n) is 7.07. The minimum Gasteiger partial charge on any atom is -0.494 e. The van der Waals surface area contributed by atoms with Crippen LogP contribution in [0, 0.1) is 0 Å². The molecule has 3 nitrogen and oxygen atoms in total. The van der Waals surface area contributed by atoms with E-state index >= 15 is 0 Å². The molecule has 0 atom stereocenters. The topological polar surface area (TPSA) is 34.4 Å². The normalized spacial score (nSPS) is 11.2. The fraction of sp³-hybridized carbons (Fsp3) is 0.294. The van der Waals surface area contributed by atoms with Gasteiger partial charge in [0.25, 0.3) is 0 Å². The van der Waals surface area contributed by atoms with E-state index in [-0.39, 0.29) is 0 Å². The maximum Gasteiger partial charge on any atom is 0.135 e. The molecule has 0 radical (unpaired) electrons. The Morgan fingerprint density at radius 3 is 2.75 bits per heavy atom. The molecule has 1 aromatic heterocycles. The molecule has 0 saturated carbocycles. The minimum absolute atomic E-state index is 0.753. The Morgan fingerprint density at radius 1 is 1.00 bits per heavy atom. The van der Waals surface area contributed by atoms with Crippen molar-refractivity contribution >= 4 is 21.9 Å². The van der Waals surface area contributed by atoms with Crippen molar-refractivity contribution in [2.24, 2.45) is 0 Å². The zero-order chi connectivity index (χ0) is 13.8. The van der Waals surface area contributed by atoms with Gasteiger partial charge in [0.15, 0.2) is 0 Å². The highest BCUT2D eigenvalue weighted by Crippen LogP contribution is 2.31. The number of benzene rings is 2. The van der Waals surface area contributed by atoms with Crippen LogP contribution in [0.15, 0.2) is 46.9 Å². The lowest BCUT2D eigenvalue weighted by Crippen LogP contribution is -2.09. The Balaban J connectivity index is 1.77. The van der Waals surface area contributed by atoms with Crippen LogP contribution in [0.3, 0.4) is 0 Å². The summed E-state index contributed by atoms with van der Waals surface area (Å²) in [5, 5.41) is 5.40. The van der Waals surface area contributed by atoms with Crippen molar-refractivity contribution in [2.75, 3.05) is 20.2 Å². The SMILES string of the molecule is CNCCCCOc1ccc2oc3ccccc3c2c1. The Labute approximate surface area is 118 Å². The second kappa shape index (κ2) is 5.97. The summed E-state index contributed by atoms with van der Waals surface area (Å²) < 4.78 is 11.6. The third-order valence-corrected chi connectivity index (χ3v) is 3.44. The molecule has 104 valence electrons. The Kier molecular flexibility index (Phi) is 3.88. The van der Waals surface area contributed by atoms with Gasteiger partial charge in [-0.3, -0.25) is 0 Å². The van der Waals surface area contributed by atoms with Crippen molar-refractivity contribution < 1.29 is 9.15 Å². The molecule has 0 unspecified atom stereocenters. The summed E-state index contributed by atoms with van der Waals surface area (Å²) in [6.45, 7) is 1.79. The summed E-state index contributed by atoms with van der Waals surface area (Å²) in [5.41, 5.74) is 1.84. The van der Waals surface area contributed by atoms with Crippen LogP contribution in [0.1, 0.15) is 12.8 Å². The molecule has 3 aromatic rings. The molecule has 0 bridgehead atoms. The summed E-state index contributed by atoms with van der Waals surface area (Å²) in [6, 6.07) is 14.1. The third kappa shape index (κ3) is 2.63. The number of hydrogen-bond donors (Lipinski definition) is 1. The summed E-state index contributed by atoms with van der Waals surface area (Å²) in [7, 11) is 1.97. The van der Waals surface area contributed by atoms with Crippen LogP contribution in [-0.4, -0.2) is 20.2 Å². The van der Waals surface area contributed by atoms with E-state index in [0.717, 1.165) is 53.7 Å². The van der Waals surface area contributed by atoms with Gasteiger partial charge in [-0.15, -0.1) is 0 Å². The Morgan fingerprint density at radius 2 is 1.85 bits per heavy atom. The van der Waals surface area contributed by atoms with Gasteiger partial charge in [0.05, 0.1) is 6.61 Å². The number of hydrogen-bond acceptors (Lipinski definition) is 3. The summed E-state index contributed by atoms with van der Waals surface area (Å²) in [4.78, 5) is 0. The van der Waals surface area contributed by atoms with Crippen molar-refractivity contribution in [3.8, 4) is 5.75 Å². The fourth-order valence-electron chi connectivity index (χ4n) is 2.39. The second-order valence-corrected chi connectivity index (χ2v) is 4.92. The molecular formula is C17H19NO2. The van der Waals surface area contributed by atoms with Gasteiger partial charge in [-0.25, -0.2) is 0 Å². The second-order valence-electron chi connectivity index (χ2n) is 4.92. The van der Waals surface area contributed by atoms with Gasteiger partial charge in [0.2, 0.25) is 0 Å². The van der Waals surface area contributed by atoms with Crippen molar-refractivity contribution in [3.63, 3.8) is 0 Å². The zero-order valence-corrected chi connectivity index (χ0v) is 11.7. The van der Waals surface area contributed by atoms with Crippen molar-refractivity contribution in [1.82, 2.24) is 5.32 Å². The maximum absolute atomic E-state index is 5.81. The van der Waals surface area contributed by atoms with Gasteiger partial charge in [-0.1, -0.05) is 18.2 Å². The lowest BCUT2D eigenvalue weighted by atomic mass is 10.1. The van der Waals surface area contributed by atoms with E-state index in [1.807, 2.05) is 37.4 Å². The van der Waals surface area contributed by atoms with Crippen molar-refractivity contribution in [2.45, 2.75) is 12.8 Å². The first kappa shape index (κ1) is 13.0. The lowest BCUT2D eigenvalue weighted by Gasteiger charge is -2.05. The lowest BCUT2D eigenvalue weighted by molar-refractivity contribution is 0.307. The minimum atomic E-state index is 0.753. The monoisotopic (exact) mass is 269 g/mol. The van der Waals surface area contributed by atoms with E-state index in [2.05, 4.69) is 17.4 Å². The molecule has 1 N–H and O–H groups in total. The van der Waals surface area contributed by atoms with Crippen LogP contribution < -0.4 is 10.1 Å². The third-order valence-electron chi connectivity index (χ3n) is 3.44. The van der Waals surface area contributed by atoms with Crippen molar-refractivity contribution in [1.29, 1.82) is 0 Å². The highest BCUT2D eigenvalue weighted by Gasteiger charge is 2.07. The molecule has 0 aliphatic carbocycles. The average Bonchev–Trinajstić information content (AvgIpc) is 2.85. The number of ether oxygens (including phenoxy) is 1. The van der Waals surface area contributed by atoms with Gasteiger partial charge < -0.3 is 14.5 Å². The molecule has 0 saturated heterocycles. The number of furan rings is 1. The number of fused-ring (bicyclic) bond motifs is 3. The van der Waals surface area contributed by atoms with Crippen LogP contribution in [-0.2, 0) is 0 Å². The van der Waals surface area contributed by atoms with Crippen LogP contribution in [0.4, 0.5) is 0 Å². The number of nitrogens with one attached hydrogen (secondary N) is 1. The van der Waals surface area contributed by atoms with Crippen molar-refractivity contribution in [3.05, 3.63) is 42.5 Å². The van der Waals surface area contributed by atoms with Crippen LogP contribution >= 0.6 is 0 Å². The predicted octanol–water partition coefficient (Wildman–Crippen LogP) is 3.96. The molecule has 3 heteroatoms. The average molecular weight is 269 g/mol. The quantitative estimate of drug-likeness (QED) is 0.688. The maximum atomic E-state index is 5.81. The van der Waals surface area contributed by atoms with Crippen LogP contribution in [0.25, 0.3) is 21.9 Å². The Bertz CT molecular complexity index is 702. The van der Waals surface area contributed by atoms with E-state index in [4.69, 9.17) is 9.15 Å². The van der Waals surface area contributed by atoms with E-state index < -0.39 is 0 Å². The molecular weight excluding hydrogens is 250 g/mol. The standard InChI is InChI=1S/C17H19NO2/c1-18-10-4-5-11-19-13-8-9-17-15(12-13)14-6-2-3-7-16(14)20-17/h2-3,6-9,12,18H,4-5,10-11H2,1H3. The van der Waals surface area contributed by atoms with Gasteiger partial charge >= 0.3 is 0 Å². The Hall–Kier alpha value is -2.00. The fourth-order valence-corrected chi connectivity index (χ4v) is 2.39. The molecule has 0 aliphatic rings. The molecule has 1 heterocycles.